The number of anilines is 1. The Labute approximate surface area is 166 Å². The summed E-state index contributed by atoms with van der Waals surface area (Å²) in [5.41, 5.74) is 1.53. The average Bonchev–Trinajstić information content (AvgIpc) is 2.69. The van der Waals surface area contributed by atoms with Gasteiger partial charge in [0.2, 0.25) is 5.91 Å². The molecule has 3 rings (SSSR count). The number of hydroxylamine groups is 1. The van der Waals surface area contributed by atoms with Crippen molar-refractivity contribution in [3.63, 3.8) is 0 Å². The number of carbonyl (C=O) groups is 1. The van der Waals surface area contributed by atoms with Gasteiger partial charge < -0.3 is 4.90 Å². The van der Waals surface area contributed by atoms with Gasteiger partial charge in [0, 0.05) is 20.0 Å². The van der Waals surface area contributed by atoms with Gasteiger partial charge in [0.05, 0.1) is 6.61 Å². The Bertz CT molecular complexity index is 768. The van der Waals surface area contributed by atoms with Crippen LogP contribution in [0.15, 0.2) is 54.6 Å². The third-order valence-corrected chi connectivity index (χ3v) is 5.50. The van der Waals surface area contributed by atoms with Gasteiger partial charge in [-0.15, -0.1) is 0 Å². The van der Waals surface area contributed by atoms with Crippen molar-refractivity contribution >= 4 is 11.6 Å². The highest BCUT2D eigenvalue weighted by Crippen LogP contribution is 2.26. The number of para-hydroxylation sites is 1. The van der Waals surface area contributed by atoms with Gasteiger partial charge in [0.15, 0.2) is 0 Å². The van der Waals surface area contributed by atoms with Gasteiger partial charge in [-0.05, 0) is 48.9 Å². The maximum absolute atomic E-state index is 14.0. The smallest absolute Gasteiger partial charge is 0.247 e. The largest absolute Gasteiger partial charge is 0.303 e. The molecule has 5 heteroatoms. The summed E-state index contributed by atoms with van der Waals surface area (Å²) in [6, 6.07) is 16.7. The van der Waals surface area contributed by atoms with Crippen molar-refractivity contribution in [3.8, 4) is 0 Å². The molecule has 4 nitrogen and oxygen atoms in total. The second-order valence-corrected chi connectivity index (χ2v) is 7.62. The van der Waals surface area contributed by atoms with Gasteiger partial charge in [-0.25, -0.2) is 4.39 Å². The number of nitrogens with zero attached hydrogens (tertiary/aromatic N) is 2. The molecule has 0 aliphatic carbocycles. The molecule has 2 aromatic rings. The first-order valence-electron chi connectivity index (χ1n) is 9.99. The van der Waals surface area contributed by atoms with Crippen molar-refractivity contribution in [2.24, 2.45) is 11.8 Å². The summed E-state index contributed by atoms with van der Waals surface area (Å²) in [6.45, 7) is 7.12. The number of piperidine rings is 1. The molecule has 0 spiro atoms. The summed E-state index contributed by atoms with van der Waals surface area (Å²) in [5, 5.41) is 1.09. The summed E-state index contributed by atoms with van der Waals surface area (Å²) in [4.78, 5) is 20.2. The lowest BCUT2D eigenvalue weighted by Crippen LogP contribution is -2.43. The van der Waals surface area contributed by atoms with Crippen molar-refractivity contribution in [3.05, 3.63) is 66.0 Å². The zero-order chi connectivity index (χ0) is 19.9. The normalized spacial score (nSPS) is 20.1. The molecule has 0 aromatic heterocycles. The molecule has 2 aromatic carbocycles. The first-order valence-corrected chi connectivity index (χ1v) is 9.99. The van der Waals surface area contributed by atoms with Gasteiger partial charge in [-0.1, -0.05) is 49.4 Å². The van der Waals surface area contributed by atoms with E-state index in [1.165, 1.54) is 18.6 Å². The van der Waals surface area contributed by atoms with E-state index < -0.39 is 5.82 Å². The molecular weight excluding hydrogens is 355 g/mol. The Kier molecular flexibility index (Phi) is 7.18. The molecule has 1 saturated heterocycles. The number of carbonyl (C=O) groups excluding carboxylic acids is 1. The quantitative estimate of drug-likeness (QED) is 0.667. The number of amides is 1. The lowest BCUT2D eigenvalue weighted by Gasteiger charge is -2.37. The fourth-order valence-corrected chi connectivity index (χ4v) is 3.78. The number of benzene rings is 2. The molecule has 150 valence electrons. The van der Waals surface area contributed by atoms with E-state index in [-0.39, 0.29) is 11.6 Å². The third-order valence-electron chi connectivity index (χ3n) is 5.50. The first kappa shape index (κ1) is 20.5. The standard InChI is InChI=1S/C23H29FN2O2/c1-18-16-25(14-12-20-8-4-3-5-9-20)15-13-21(18)17-28-26(19(2)27)23-11-7-6-10-22(23)24/h3-11,18,21H,12-17H2,1-2H3/t18-,21+/m0/s1. The van der Waals surface area contributed by atoms with Gasteiger partial charge in [-0.2, -0.15) is 5.06 Å². The molecule has 1 fully saturated rings. The molecular formula is C23H29FN2O2. The number of halogens is 1. The predicted octanol–water partition coefficient (Wildman–Crippen LogP) is 4.31. The van der Waals surface area contributed by atoms with Crippen LogP contribution in [0.3, 0.4) is 0 Å². The van der Waals surface area contributed by atoms with Gasteiger partial charge >= 0.3 is 0 Å². The molecule has 0 radical (unpaired) electrons. The van der Waals surface area contributed by atoms with Crippen LogP contribution < -0.4 is 5.06 Å². The van der Waals surface area contributed by atoms with Crippen molar-refractivity contribution in [1.82, 2.24) is 4.90 Å². The van der Waals surface area contributed by atoms with Crippen molar-refractivity contribution in [2.75, 3.05) is 31.3 Å². The van der Waals surface area contributed by atoms with Crippen LogP contribution in [0.25, 0.3) is 0 Å². The maximum Gasteiger partial charge on any atom is 0.247 e. The van der Waals surface area contributed by atoms with E-state index in [0.717, 1.165) is 37.5 Å². The first-order chi connectivity index (χ1) is 13.5. The highest BCUT2D eigenvalue weighted by Gasteiger charge is 2.28. The molecule has 1 heterocycles. The van der Waals surface area contributed by atoms with E-state index in [4.69, 9.17) is 4.84 Å². The highest BCUT2D eigenvalue weighted by atomic mass is 19.1. The van der Waals surface area contributed by atoms with E-state index >= 15 is 0 Å². The van der Waals surface area contributed by atoms with Crippen LogP contribution in [0.1, 0.15) is 25.8 Å². The van der Waals surface area contributed by atoms with Gasteiger partial charge in [0.1, 0.15) is 11.5 Å². The molecule has 2 atom stereocenters. The van der Waals surface area contributed by atoms with Crippen LogP contribution in [0, 0.1) is 17.7 Å². The zero-order valence-corrected chi connectivity index (χ0v) is 16.7. The number of hydrogen-bond donors (Lipinski definition) is 0. The van der Waals surface area contributed by atoms with Crippen LogP contribution in [-0.2, 0) is 16.1 Å². The van der Waals surface area contributed by atoms with Crippen LogP contribution >= 0.6 is 0 Å². The summed E-state index contributed by atoms with van der Waals surface area (Å²) in [6.07, 6.45) is 2.07. The SMILES string of the molecule is CC(=O)N(OC[C@H]1CCN(CCc2ccccc2)C[C@@H]1C)c1ccccc1F. The van der Waals surface area contributed by atoms with Gasteiger partial charge in [-0.3, -0.25) is 9.63 Å². The second-order valence-electron chi connectivity index (χ2n) is 7.62. The number of rotatable bonds is 7. The fourth-order valence-electron chi connectivity index (χ4n) is 3.78. The van der Waals surface area contributed by atoms with E-state index in [1.54, 1.807) is 18.2 Å². The Morgan fingerprint density at radius 1 is 1.18 bits per heavy atom. The summed E-state index contributed by atoms with van der Waals surface area (Å²) >= 11 is 0. The Morgan fingerprint density at radius 3 is 2.57 bits per heavy atom. The van der Waals surface area contributed by atoms with Crippen molar-refractivity contribution in [2.45, 2.75) is 26.7 Å². The summed E-state index contributed by atoms with van der Waals surface area (Å²) in [7, 11) is 0. The predicted molar refractivity (Wildman–Crippen MR) is 109 cm³/mol. The Morgan fingerprint density at radius 2 is 1.89 bits per heavy atom. The number of hydrogen-bond acceptors (Lipinski definition) is 3. The van der Waals surface area contributed by atoms with Crippen LogP contribution in [0.2, 0.25) is 0 Å². The van der Waals surface area contributed by atoms with Crippen molar-refractivity contribution < 1.29 is 14.0 Å². The van der Waals surface area contributed by atoms with Crippen LogP contribution in [0.5, 0.6) is 0 Å². The minimum atomic E-state index is -0.457. The fraction of sp³-hybridized carbons (Fsp3) is 0.435. The summed E-state index contributed by atoms with van der Waals surface area (Å²) < 4.78 is 14.0. The third kappa shape index (κ3) is 5.40. The lowest BCUT2D eigenvalue weighted by molar-refractivity contribution is -0.125. The Hall–Kier alpha value is -2.24. The minimum absolute atomic E-state index is 0.169. The molecule has 0 saturated carbocycles. The lowest BCUT2D eigenvalue weighted by atomic mass is 9.87. The minimum Gasteiger partial charge on any atom is -0.303 e. The molecule has 0 bridgehead atoms. The molecule has 1 amide bonds. The maximum atomic E-state index is 14.0. The van der Waals surface area contributed by atoms with E-state index in [0.29, 0.717) is 18.4 Å². The monoisotopic (exact) mass is 384 g/mol. The van der Waals surface area contributed by atoms with E-state index in [2.05, 4.69) is 36.1 Å². The molecule has 28 heavy (non-hydrogen) atoms. The Balaban J connectivity index is 1.50. The second kappa shape index (κ2) is 9.80. The van der Waals surface area contributed by atoms with E-state index in [1.807, 2.05) is 6.07 Å². The molecule has 0 unspecified atom stereocenters. The van der Waals surface area contributed by atoms with Gasteiger partial charge in [0.25, 0.3) is 0 Å². The molecule has 1 aliphatic rings. The highest BCUT2D eigenvalue weighted by molar-refractivity contribution is 5.89. The van der Waals surface area contributed by atoms with E-state index in [9.17, 15) is 9.18 Å². The summed E-state index contributed by atoms with van der Waals surface area (Å²) in [5.74, 6) is 0.0279. The zero-order valence-electron chi connectivity index (χ0n) is 16.7. The number of likely N-dealkylation sites (tertiary alicyclic amines) is 1. The molecule has 1 aliphatic heterocycles. The topological polar surface area (TPSA) is 32.8 Å². The van der Waals surface area contributed by atoms with Crippen molar-refractivity contribution in [1.29, 1.82) is 0 Å². The average molecular weight is 384 g/mol. The van der Waals surface area contributed by atoms with Crippen LogP contribution in [-0.4, -0.2) is 37.0 Å². The molecule has 0 N–H and O–H groups in total. The van der Waals surface area contributed by atoms with Crippen LogP contribution in [0.4, 0.5) is 10.1 Å².